The number of alkyl halides is 6. The Kier molecular flexibility index (Phi) is 9.12. The number of aromatic nitrogens is 2. The van der Waals surface area contributed by atoms with E-state index in [0.717, 1.165) is 25.4 Å². The number of phenols is 1. The molecule has 5 aromatic rings. The molecule has 4 amide bonds. The summed E-state index contributed by atoms with van der Waals surface area (Å²) < 4.78 is 91.7. The van der Waals surface area contributed by atoms with E-state index in [1.165, 1.54) is 41.3 Å². The minimum absolute atomic E-state index is 0.0851. The number of hydrogen-bond donors (Lipinski definition) is 1. The lowest BCUT2D eigenvalue weighted by Gasteiger charge is -2.49. The standard InChI is InChI=1S/C43H33ClF6N4O6S/c1-18-27-14-21(44)5-10-32(27)61-36(18)30-17-33(52(3)51-30)54-38(57)29-16-28-24(35(41(29,2)40(54)59)25-7-6-23(55)15-31(25)60-4)8-9-26-34(28)39(58)53(37(26)56)22-12-19(42(45,46)47)11-20(13-22)43(48,49)50/h5-8,10-15,17,26,28-29,34-35,55H,9,16H2,1-4H3. The summed E-state index contributed by atoms with van der Waals surface area (Å²) in [7, 11) is 2.94. The molecule has 1 saturated carbocycles. The fourth-order valence-corrected chi connectivity index (χ4v) is 11.4. The first-order chi connectivity index (χ1) is 28.6. The molecule has 61 heavy (non-hydrogen) atoms. The molecule has 3 fully saturated rings. The van der Waals surface area contributed by atoms with E-state index in [4.69, 9.17) is 21.4 Å². The second-order valence-electron chi connectivity index (χ2n) is 16.1. The van der Waals surface area contributed by atoms with Crippen molar-refractivity contribution in [3.8, 4) is 22.1 Å². The topological polar surface area (TPSA) is 122 Å². The van der Waals surface area contributed by atoms with Gasteiger partial charge in [-0.1, -0.05) is 29.3 Å². The molecular weight excluding hydrogens is 850 g/mol. The summed E-state index contributed by atoms with van der Waals surface area (Å²) in [6.45, 7) is 3.54. The number of aromatic hydroxyl groups is 1. The van der Waals surface area contributed by atoms with Gasteiger partial charge in [0.25, 0.3) is 0 Å². The lowest BCUT2D eigenvalue weighted by Crippen LogP contribution is -2.49. The number of imide groups is 2. The van der Waals surface area contributed by atoms with E-state index in [1.807, 2.05) is 19.1 Å². The van der Waals surface area contributed by atoms with Gasteiger partial charge in [-0.05, 0) is 86.0 Å². The number of nitrogens with zero attached hydrogens (tertiary/aromatic N) is 4. The van der Waals surface area contributed by atoms with Crippen LogP contribution in [0.25, 0.3) is 20.7 Å². The van der Waals surface area contributed by atoms with E-state index in [0.29, 0.717) is 38.9 Å². The van der Waals surface area contributed by atoms with E-state index in [-0.39, 0.29) is 36.2 Å². The average Bonchev–Trinajstić information content (AvgIpc) is 3.87. The Morgan fingerprint density at radius 1 is 0.885 bits per heavy atom. The van der Waals surface area contributed by atoms with Gasteiger partial charge in [0.05, 0.1) is 52.0 Å². The van der Waals surface area contributed by atoms with Crippen molar-refractivity contribution in [2.24, 2.45) is 36.1 Å². The predicted molar refractivity (Wildman–Crippen MR) is 212 cm³/mol. The van der Waals surface area contributed by atoms with Crippen LogP contribution in [0.3, 0.4) is 0 Å². The Morgan fingerprint density at radius 3 is 2.23 bits per heavy atom. The first kappa shape index (κ1) is 40.7. The lowest BCUT2D eigenvalue weighted by atomic mass is 9.51. The second-order valence-corrected chi connectivity index (χ2v) is 17.6. The van der Waals surface area contributed by atoms with Crippen molar-refractivity contribution in [2.75, 3.05) is 16.9 Å². The number of thiophene rings is 1. The summed E-state index contributed by atoms with van der Waals surface area (Å²) >= 11 is 7.74. The van der Waals surface area contributed by atoms with E-state index in [1.54, 1.807) is 32.2 Å². The highest BCUT2D eigenvalue weighted by Gasteiger charge is 2.68. The highest BCUT2D eigenvalue weighted by Crippen LogP contribution is 2.65. The molecule has 316 valence electrons. The number of amides is 4. The number of carbonyl (C=O) groups is 4. The summed E-state index contributed by atoms with van der Waals surface area (Å²) in [5, 5.41) is 16.6. The number of aryl methyl sites for hydroxylation is 2. The Hall–Kier alpha value is -5.68. The number of halogens is 7. The van der Waals surface area contributed by atoms with Crippen LogP contribution < -0.4 is 14.5 Å². The van der Waals surface area contributed by atoms with Crippen molar-refractivity contribution < 1.29 is 55.4 Å². The third-order valence-corrected chi connectivity index (χ3v) is 14.4. The minimum atomic E-state index is -5.24. The molecule has 2 aliphatic heterocycles. The molecule has 6 unspecified atom stereocenters. The van der Waals surface area contributed by atoms with Gasteiger partial charge in [0.2, 0.25) is 23.6 Å². The van der Waals surface area contributed by atoms with Crippen molar-refractivity contribution in [1.29, 1.82) is 0 Å². The molecule has 4 heterocycles. The van der Waals surface area contributed by atoms with Crippen molar-refractivity contribution in [1.82, 2.24) is 9.78 Å². The highest BCUT2D eigenvalue weighted by molar-refractivity contribution is 7.22. The quantitative estimate of drug-likeness (QED) is 0.106. The molecule has 3 aromatic carbocycles. The monoisotopic (exact) mass is 882 g/mol. The Labute approximate surface area is 351 Å². The average molecular weight is 883 g/mol. The third kappa shape index (κ3) is 6.01. The van der Waals surface area contributed by atoms with Crippen LogP contribution in [0, 0.1) is 36.0 Å². The van der Waals surface area contributed by atoms with Gasteiger partial charge in [0.1, 0.15) is 23.0 Å². The molecule has 2 aromatic heterocycles. The Balaban J connectivity index is 1.16. The second kappa shape index (κ2) is 13.7. The molecule has 6 atom stereocenters. The first-order valence-corrected chi connectivity index (χ1v) is 20.2. The van der Waals surface area contributed by atoms with Gasteiger partial charge in [-0.15, -0.1) is 11.3 Å². The molecule has 0 spiro atoms. The highest BCUT2D eigenvalue weighted by atomic mass is 35.5. The SMILES string of the molecule is COc1cc(O)ccc1C1C2=CCC3C(=O)N(c4cc(C(F)(F)F)cc(C(F)(F)F)c4)C(=O)C3C2CC2C(=O)N(c3cc(-c4sc5ccc(Cl)cc5c4C)nn3C)C(=O)C21C. The van der Waals surface area contributed by atoms with Gasteiger partial charge in [0.15, 0.2) is 0 Å². The van der Waals surface area contributed by atoms with Crippen molar-refractivity contribution in [3.63, 3.8) is 0 Å². The number of fused-ring (bicyclic) bond motifs is 5. The molecule has 9 rings (SSSR count). The smallest absolute Gasteiger partial charge is 0.416 e. The molecule has 2 saturated heterocycles. The molecular formula is C43H33ClF6N4O6S. The predicted octanol–water partition coefficient (Wildman–Crippen LogP) is 9.45. The van der Waals surface area contributed by atoms with Gasteiger partial charge in [-0.25, -0.2) is 9.80 Å². The van der Waals surface area contributed by atoms with Crippen LogP contribution in [0.4, 0.5) is 37.8 Å². The fraction of sp³-hybridized carbons (Fsp3) is 0.326. The van der Waals surface area contributed by atoms with Crippen LogP contribution in [-0.4, -0.2) is 45.6 Å². The maximum atomic E-state index is 15.2. The van der Waals surface area contributed by atoms with Crippen LogP contribution in [0.2, 0.25) is 5.02 Å². The van der Waals surface area contributed by atoms with Crippen LogP contribution in [-0.2, 0) is 38.6 Å². The summed E-state index contributed by atoms with van der Waals surface area (Å²) in [5.41, 5.74) is -3.62. The zero-order valence-corrected chi connectivity index (χ0v) is 34.1. The van der Waals surface area contributed by atoms with Gasteiger partial charge in [0, 0.05) is 40.4 Å². The number of ether oxygens (including phenoxy) is 1. The van der Waals surface area contributed by atoms with E-state index in [2.05, 4.69) is 0 Å². The summed E-state index contributed by atoms with van der Waals surface area (Å²) in [6, 6.07) is 12.0. The molecule has 0 radical (unpaired) electrons. The third-order valence-electron chi connectivity index (χ3n) is 12.8. The molecule has 2 aliphatic carbocycles. The van der Waals surface area contributed by atoms with Crippen LogP contribution in [0.15, 0.2) is 72.3 Å². The summed E-state index contributed by atoms with van der Waals surface area (Å²) in [5.74, 6) is -8.75. The Bertz CT molecular complexity index is 2760. The lowest BCUT2D eigenvalue weighted by molar-refractivity contribution is -0.143. The van der Waals surface area contributed by atoms with Gasteiger partial charge in [-0.3, -0.25) is 23.9 Å². The zero-order chi connectivity index (χ0) is 43.8. The van der Waals surface area contributed by atoms with Gasteiger partial charge in [-0.2, -0.15) is 31.4 Å². The maximum Gasteiger partial charge on any atom is 0.416 e. The number of benzene rings is 3. The van der Waals surface area contributed by atoms with E-state index in [9.17, 15) is 45.8 Å². The molecule has 10 nitrogen and oxygen atoms in total. The summed E-state index contributed by atoms with van der Waals surface area (Å²) in [4.78, 5) is 60.9. The number of methoxy groups -OCH3 is 1. The minimum Gasteiger partial charge on any atom is -0.508 e. The largest absolute Gasteiger partial charge is 0.508 e. The number of allylic oxidation sites excluding steroid dienone is 2. The fourth-order valence-electron chi connectivity index (χ4n) is 10.1. The molecule has 1 N–H and O–H groups in total. The van der Waals surface area contributed by atoms with Gasteiger partial charge >= 0.3 is 12.4 Å². The van der Waals surface area contributed by atoms with Crippen LogP contribution in [0.1, 0.15) is 47.9 Å². The number of hydrogen-bond acceptors (Lipinski definition) is 8. The molecule has 18 heteroatoms. The first-order valence-electron chi connectivity index (χ1n) is 19.0. The number of rotatable bonds is 5. The van der Waals surface area contributed by atoms with Crippen LogP contribution >= 0.6 is 22.9 Å². The normalized spacial score (nSPS) is 25.3. The number of carbonyl (C=O) groups excluding carboxylic acids is 4. The number of anilines is 2. The molecule has 0 bridgehead atoms. The maximum absolute atomic E-state index is 15.2. The zero-order valence-electron chi connectivity index (χ0n) is 32.5. The van der Waals surface area contributed by atoms with E-state index < -0.39 is 87.8 Å². The number of phenolic OH excluding ortho intramolecular Hbond substituents is 1. The van der Waals surface area contributed by atoms with Crippen molar-refractivity contribution in [2.45, 2.75) is 45.0 Å². The van der Waals surface area contributed by atoms with E-state index >= 15 is 4.79 Å². The summed E-state index contributed by atoms with van der Waals surface area (Å²) in [6.07, 6.45) is -9.11. The van der Waals surface area contributed by atoms with Gasteiger partial charge < -0.3 is 9.84 Å². The Morgan fingerprint density at radius 2 is 1.57 bits per heavy atom. The van der Waals surface area contributed by atoms with Crippen molar-refractivity contribution in [3.05, 3.63) is 99.6 Å². The van der Waals surface area contributed by atoms with Crippen LogP contribution in [0.5, 0.6) is 11.5 Å². The van der Waals surface area contributed by atoms with Crippen molar-refractivity contribution >= 4 is 68.2 Å². The molecule has 4 aliphatic rings.